The highest BCUT2D eigenvalue weighted by Gasteiger charge is 2.11. The third-order valence-corrected chi connectivity index (χ3v) is 4.35. The molecule has 0 amide bonds. The SMILES string of the molecule is C=C(C)C(=O)Oc1ccc(-c2nc3ccccc3s2)cc1C. The third-order valence-electron chi connectivity index (χ3n) is 3.27. The van der Waals surface area contributed by atoms with Crippen molar-refractivity contribution in [2.45, 2.75) is 13.8 Å². The predicted octanol–water partition coefficient (Wildman–Crippen LogP) is 4.75. The molecule has 0 N–H and O–H groups in total. The van der Waals surface area contributed by atoms with Gasteiger partial charge in [0.1, 0.15) is 10.8 Å². The van der Waals surface area contributed by atoms with Crippen LogP contribution in [0.4, 0.5) is 0 Å². The van der Waals surface area contributed by atoms with E-state index in [0.717, 1.165) is 26.4 Å². The summed E-state index contributed by atoms with van der Waals surface area (Å²) in [5.41, 5.74) is 3.30. The molecule has 0 bridgehead atoms. The first-order valence-electron chi connectivity index (χ1n) is 6.89. The predicted molar refractivity (Wildman–Crippen MR) is 90.2 cm³/mol. The Morgan fingerprint density at radius 2 is 2.00 bits per heavy atom. The summed E-state index contributed by atoms with van der Waals surface area (Å²) in [4.78, 5) is 16.2. The Labute approximate surface area is 132 Å². The van der Waals surface area contributed by atoms with Crippen molar-refractivity contribution in [2.24, 2.45) is 0 Å². The van der Waals surface area contributed by atoms with Crippen molar-refractivity contribution in [3.05, 3.63) is 60.2 Å². The number of hydrogen-bond acceptors (Lipinski definition) is 4. The van der Waals surface area contributed by atoms with Gasteiger partial charge in [-0.25, -0.2) is 9.78 Å². The number of nitrogens with zero attached hydrogens (tertiary/aromatic N) is 1. The maximum absolute atomic E-state index is 11.6. The highest BCUT2D eigenvalue weighted by Crippen LogP contribution is 2.32. The van der Waals surface area contributed by atoms with Crippen LogP contribution in [0.3, 0.4) is 0 Å². The maximum Gasteiger partial charge on any atom is 0.338 e. The summed E-state index contributed by atoms with van der Waals surface area (Å²) < 4.78 is 6.46. The van der Waals surface area contributed by atoms with E-state index in [1.54, 1.807) is 24.3 Å². The number of fused-ring (bicyclic) bond motifs is 1. The second kappa shape index (κ2) is 5.73. The zero-order valence-electron chi connectivity index (χ0n) is 12.4. The zero-order chi connectivity index (χ0) is 15.7. The number of hydrogen-bond donors (Lipinski definition) is 0. The van der Waals surface area contributed by atoms with Crippen LogP contribution in [0.25, 0.3) is 20.8 Å². The van der Waals surface area contributed by atoms with Crippen LogP contribution in [0.5, 0.6) is 5.75 Å². The van der Waals surface area contributed by atoms with Gasteiger partial charge in [-0.1, -0.05) is 18.7 Å². The molecule has 3 aromatic rings. The van der Waals surface area contributed by atoms with Gasteiger partial charge in [-0.3, -0.25) is 0 Å². The topological polar surface area (TPSA) is 39.2 Å². The molecule has 0 radical (unpaired) electrons. The molecule has 3 nitrogen and oxygen atoms in total. The van der Waals surface area contributed by atoms with Crippen molar-refractivity contribution in [1.29, 1.82) is 0 Å². The summed E-state index contributed by atoms with van der Waals surface area (Å²) in [5.74, 6) is 0.147. The minimum Gasteiger partial charge on any atom is -0.423 e. The Morgan fingerprint density at radius 3 is 2.68 bits per heavy atom. The molecule has 0 saturated carbocycles. The number of aromatic nitrogens is 1. The first-order chi connectivity index (χ1) is 10.5. The molecular weight excluding hydrogens is 294 g/mol. The number of esters is 1. The molecule has 0 unspecified atom stereocenters. The van der Waals surface area contributed by atoms with Crippen LogP contribution in [0.15, 0.2) is 54.6 Å². The number of rotatable bonds is 3. The van der Waals surface area contributed by atoms with Crippen molar-refractivity contribution in [2.75, 3.05) is 0 Å². The van der Waals surface area contributed by atoms with E-state index >= 15 is 0 Å². The summed E-state index contributed by atoms with van der Waals surface area (Å²) in [6.07, 6.45) is 0. The molecule has 1 aromatic heterocycles. The molecule has 2 aromatic carbocycles. The van der Waals surface area contributed by atoms with E-state index in [0.29, 0.717) is 11.3 Å². The molecule has 0 aliphatic carbocycles. The molecule has 3 rings (SSSR count). The molecule has 0 aliphatic heterocycles. The van der Waals surface area contributed by atoms with Gasteiger partial charge in [0, 0.05) is 11.1 Å². The van der Waals surface area contributed by atoms with Crippen LogP contribution in [0.2, 0.25) is 0 Å². The first-order valence-corrected chi connectivity index (χ1v) is 7.70. The monoisotopic (exact) mass is 309 g/mol. The van der Waals surface area contributed by atoms with Crippen LogP contribution in [0.1, 0.15) is 12.5 Å². The van der Waals surface area contributed by atoms with Gasteiger partial charge in [0.25, 0.3) is 0 Å². The Morgan fingerprint density at radius 1 is 1.23 bits per heavy atom. The van der Waals surface area contributed by atoms with Crippen LogP contribution in [-0.2, 0) is 4.79 Å². The first kappa shape index (κ1) is 14.5. The lowest BCUT2D eigenvalue weighted by Crippen LogP contribution is -2.09. The highest BCUT2D eigenvalue weighted by atomic mass is 32.1. The van der Waals surface area contributed by atoms with Gasteiger partial charge in [0.05, 0.1) is 10.2 Å². The third kappa shape index (κ3) is 2.78. The number of ether oxygens (including phenoxy) is 1. The standard InChI is InChI=1S/C18H15NO2S/c1-11(2)18(20)21-15-9-8-13(10-12(15)3)17-19-14-6-4-5-7-16(14)22-17/h4-10H,1H2,2-3H3. The van der Waals surface area contributed by atoms with E-state index in [9.17, 15) is 4.79 Å². The summed E-state index contributed by atoms with van der Waals surface area (Å²) >= 11 is 1.65. The smallest absolute Gasteiger partial charge is 0.338 e. The fraction of sp³-hybridized carbons (Fsp3) is 0.111. The molecule has 22 heavy (non-hydrogen) atoms. The minimum absolute atomic E-state index is 0.384. The van der Waals surface area contributed by atoms with Gasteiger partial charge >= 0.3 is 5.97 Å². The number of carbonyl (C=O) groups excluding carboxylic acids is 1. The zero-order valence-corrected chi connectivity index (χ0v) is 13.2. The Kier molecular flexibility index (Phi) is 3.77. The lowest BCUT2D eigenvalue weighted by molar-refractivity contribution is -0.130. The molecule has 0 spiro atoms. The molecule has 0 fully saturated rings. The second-order valence-electron chi connectivity index (χ2n) is 5.14. The van der Waals surface area contributed by atoms with Crippen molar-refractivity contribution >= 4 is 27.5 Å². The minimum atomic E-state index is -0.407. The van der Waals surface area contributed by atoms with Crippen molar-refractivity contribution < 1.29 is 9.53 Å². The van der Waals surface area contributed by atoms with E-state index in [4.69, 9.17) is 4.74 Å². The summed E-state index contributed by atoms with van der Waals surface area (Å²) in [7, 11) is 0. The number of benzene rings is 2. The number of aryl methyl sites for hydroxylation is 1. The Balaban J connectivity index is 1.94. The average Bonchev–Trinajstić information content (AvgIpc) is 2.93. The van der Waals surface area contributed by atoms with Crippen molar-refractivity contribution in [3.8, 4) is 16.3 Å². The number of carbonyl (C=O) groups is 1. The molecule has 1 heterocycles. The molecule has 110 valence electrons. The van der Waals surface area contributed by atoms with Crippen molar-refractivity contribution in [3.63, 3.8) is 0 Å². The molecule has 0 saturated heterocycles. The Hall–Kier alpha value is -2.46. The van der Waals surface area contributed by atoms with E-state index in [-0.39, 0.29) is 0 Å². The van der Waals surface area contributed by atoms with Gasteiger partial charge in [-0.05, 0) is 49.7 Å². The van der Waals surface area contributed by atoms with Gasteiger partial charge in [0.2, 0.25) is 0 Å². The lowest BCUT2D eigenvalue weighted by Gasteiger charge is -2.08. The van der Waals surface area contributed by atoms with Crippen LogP contribution >= 0.6 is 11.3 Å². The van der Waals surface area contributed by atoms with E-state index in [1.165, 1.54) is 0 Å². The molecule has 0 aliphatic rings. The average molecular weight is 309 g/mol. The summed E-state index contributed by atoms with van der Waals surface area (Å²) in [6, 6.07) is 13.8. The van der Waals surface area contributed by atoms with Crippen LogP contribution < -0.4 is 4.74 Å². The molecule has 4 heteroatoms. The quantitative estimate of drug-likeness (QED) is 0.398. The fourth-order valence-electron chi connectivity index (χ4n) is 2.08. The molecular formula is C18H15NO2S. The molecule has 0 atom stereocenters. The van der Waals surface area contributed by atoms with E-state index in [2.05, 4.69) is 17.6 Å². The van der Waals surface area contributed by atoms with Gasteiger partial charge < -0.3 is 4.74 Å². The van der Waals surface area contributed by atoms with Crippen molar-refractivity contribution in [1.82, 2.24) is 4.98 Å². The highest BCUT2D eigenvalue weighted by molar-refractivity contribution is 7.21. The van der Waals surface area contributed by atoms with Gasteiger partial charge in [0.15, 0.2) is 0 Å². The Bertz CT molecular complexity index is 847. The fourth-order valence-corrected chi connectivity index (χ4v) is 3.04. The summed E-state index contributed by atoms with van der Waals surface area (Å²) in [6.45, 7) is 7.13. The van der Waals surface area contributed by atoms with Gasteiger partial charge in [-0.15, -0.1) is 11.3 Å². The normalized spacial score (nSPS) is 10.6. The van der Waals surface area contributed by atoms with E-state index in [1.807, 2.05) is 37.3 Å². The lowest BCUT2D eigenvalue weighted by atomic mass is 10.1. The number of thiazole rings is 1. The second-order valence-corrected chi connectivity index (χ2v) is 6.17. The maximum atomic E-state index is 11.6. The van der Waals surface area contributed by atoms with Gasteiger partial charge in [-0.2, -0.15) is 0 Å². The largest absolute Gasteiger partial charge is 0.423 e. The van der Waals surface area contributed by atoms with E-state index < -0.39 is 5.97 Å². The number of para-hydroxylation sites is 1. The van der Waals surface area contributed by atoms with Crippen LogP contribution in [-0.4, -0.2) is 11.0 Å². The summed E-state index contributed by atoms with van der Waals surface area (Å²) in [5, 5.41) is 0.960. The van der Waals surface area contributed by atoms with Crippen LogP contribution in [0, 0.1) is 6.92 Å².